The molecule has 1 rings (SSSR count). The van der Waals surface area contributed by atoms with Crippen molar-refractivity contribution in [2.45, 2.75) is 6.92 Å². The van der Waals surface area contributed by atoms with Gasteiger partial charge in [0.2, 0.25) is 0 Å². The minimum atomic E-state index is 0.00547. The lowest BCUT2D eigenvalue weighted by Gasteiger charge is -2.10. The molecule has 0 aliphatic heterocycles. The Balaban J connectivity index is 3.15. The van der Waals surface area contributed by atoms with Crippen molar-refractivity contribution >= 4 is 27.8 Å². The van der Waals surface area contributed by atoms with Gasteiger partial charge in [0.05, 0.1) is 18.7 Å². The summed E-state index contributed by atoms with van der Waals surface area (Å²) in [5.74, 6) is 1.27. The molecule has 0 saturated carbocycles. The highest BCUT2D eigenvalue weighted by Crippen LogP contribution is 2.36. The summed E-state index contributed by atoms with van der Waals surface area (Å²) in [5.41, 5.74) is 0.875. The molecule has 0 N–H and O–H groups in total. The van der Waals surface area contributed by atoms with Crippen LogP contribution in [0, 0.1) is 0 Å². The van der Waals surface area contributed by atoms with Crippen LogP contribution in [0.5, 0.6) is 11.5 Å². The molecule has 86 valence electrons. The average Bonchev–Trinajstić information content (AvgIpc) is 2.25. The summed E-state index contributed by atoms with van der Waals surface area (Å²) in [6, 6.07) is 3.67. The van der Waals surface area contributed by atoms with Crippen LogP contribution in [-0.2, 0) is 4.79 Å². The van der Waals surface area contributed by atoms with Crippen molar-refractivity contribution in [1.82, 2.24) is 0 Å². The van der Waals surface area contributed by atoms with E-state index in [1.807, 2.05) is 12.1 Å². The fraction of sp³-hybridized carbons (Fsp3) is 0.250. The Hall–Kier alpha value is -1.29. The number of halogens is 1. The Morgan fingerprint density at radius 3 is 2.50 bits per heavy atom. The van der Waals surface area contributed by atoms with Gasteiger partial charge in [-0.1, -0.05) is 6.08 Å². The van der Waals surface area contributed by atoms with E-state index in [1.54, 1.807) is 20.3 Å². The molecule has 0 unspecified atom stereocenters. The molecule has 1 aromatic rings. The highest BCUT2D eigenvalue weighted by molar-refractivity contribution is 9.10. The fourth-order valence-electron chi connectivity index (χ4n) is 1.25. The number of hydrogen-bond acceptors (Lipinski definition) is 3. The lowest BCUT2D eigenvalue weighted by molar-refractivity contribution is -0.112. The molecule has 1 aromatic carbocycles. The molecule has 0 aromatic heterocycles. The first-order valence-electron chi connectivity index (χ1n) is 4.68. The Labute approximate surface area is 103 Å². The summed E-state index contributed by atoms with van der Waals surface area (Å²) >= 11 is 3.38. The van der Waals surface area contributed by atoms with E-state index in [0.717, 1.165) is 10.0 Å². The summed E-state index contributed by atoms with van der Waals surface area (Å²) in [5, 5.41) is 0. The van der Waals surface area contributed by atoms with Gasteiger partial charge in [-0.25, -0.2) is 0 Å². The van der Waals surface area contributed by atoms with E-state index in [-0.39, 0.29) is 5.78 Å². The standard InChI is InChI=1S/C12H13BrO3/c1-8(14)4-5-9-6-10(13)12(16-3)11(7-9)15-2/h4-7H,1-3H3/b5-4+. The zero-order valence-electron chi connectivity index (χ0n) is 9.41. The van der Waals surface area contributed by atoms with Crippen molar-refractivity contribution in [3.8, 4) is 11.5 Å². The first kappa shape index (κ1) is 12.8. The van der Waals surface area contributed by atoms with Gasteiger partial charge >= 0.3 is 0 Å². The van der Waals surface area contributed by atoms with Crippen molar-refractivity contribution < 1.29 is 14.3 Å². The van der Waals surface area contributed by atoms with Crippen LogP contribution in [0.1, 0.15) is 12.5 Å². The Morgan fingerprint density at radius 2 is 2.00 bits per heavy atom. The van der Waals surface area contributed by atoms with Gasteiger partial charge in [-0.2, -0.15) is 0 Å². The van der Waals surface area contributed by atoms with E-state index in [0.29, 0.717) is 11.5 Å². The number of carbonyl (C=O) groups excluding carboxylic acids is 1. The maximum atomic E-state index is 10.8. The van der Waals surface area contributed by atoms with Crippen LogP contribution < -0.4 is 9.47 Å². The molecular formula is C12H13BrO3. The van der Waals surface area contributed by atoms with Gasteiger partial charge in [0.15, 0.2) is 17.3 Å². The molecule has 0 amide bonds. The van der Waals surface area contributed by atoms with Crippen LogP contribution in [0.25, 0.3) is 6.08 Å². The number of benzene rings is 1. The first-order chi connectivity index (χ1) is 7.58. The van der Waals surface area contributed by atoms with E-state index in [9.17, 15) is 4.79 Å². The van der Waals surface area contributed by atoms with E-state index in [2.05, 4.69) is 15.9 Å². The second-order valence-corrected chi connectivity index (χ2v) is 4.04. The molecule has 0 heterocycles. The minimum absolute atomic E-state index is 0.00547. The molecule has 0 radical (unpaired) electrons. The van der Waals surface area contributed by atoms with Crippen LogP contribution in [0.15, 0.2) is 22.7 Å². The summed E-state index contributed by atoms with van der Waals surface area (Å²) < 4.78 is 11.2. The second-order valence-electron chi connectivity index (χ2n) is 3.18. The number of ketones is 1. The number of hydrogen-bond donors (Lipinski definition) is 0. The molecule has 0 saturated heterocycles. The lowest BCUT2D eigenvalue weighted by Crippen LogP contribution is -1.92. The molecule has 0 fully saturated rings. The quantitative estimate of drug-likeness (QED) is 0.797. The van der Waals surface area contributed by atoms with Gasteiger partial charge < -0.3 is 9.47 Å². The van der Waals surface area contributed by atoms with Crippen LogP contribution in [-0.4, -0.2) is 20.0 Å². The van der Waals surface area contributed by atoms with E-state index >= 15 is 0 Å². The largest absolute Gasteiger partial charge is 0.493 e. The average molecular weight is 285 g/mol. The highest BCUT2D eigenvalue weighted by atomic mass is 79.9. The predicted octanol–water partition coefficient (Wildman–Crippen LogP) is 3.07. The molecule has 0 bridgehead atoms. The van der Waals surface area contributed by atoms with Crippen LogP contribution in [0.3, 0.4) is 0 Å². The number of methoxy groups -OCH3 is 2. The third-order valence-corrected chi connectivity index (χ3v) is 2.56. The van der Waals surface area contributed by atoms with Crippen molar-refractivity contribution in [2.24, 2.45) is 0 Å². The monoisotopic (exact) mass is 284 g/mol. The zero-order chi connectivity index (χ0) is 12.1. The predicted molar refractivity (Wildman–Crippen MR) is 67.0 cm³/mol. The number of carbonyl (C=O) groups is 1. The molecule has 0 spiro atoms. The lowest BCUT2D eigenvalue weighted by atomic mass is 10.1. The van der Waals surface area contributed by atoms with Crippen molar-refractivity contribution in [3.05, 3.63) is 28.2 Å². The van der Waals surface area contributed by atoms with Crippen molar-refractivity contribution in [1.29, 1.82) is 0 Å². The van der Waals surface area contributed by atoms with E-state index < -0.39 is 0 Å². The molecule has 4 heteroatoms. The smallest absolute Gasteiger partial charge is 0.174 e. The van der Waals surface area contributed by atoms with Gasteiger partial charge in [0.25, 0.3) is 0 Å². The van der Waals surface area contributed by atoms with Crippen molar-refractivity contribution in [2.75, 3.05) is 14.2 Å². The second kappa shape index (κ2) is 5.70. The summed E-state index contributed by atoms with van der Waals surface area (Å²) in [6.45, 7) is 1.51. The van der Waals surface area contributed by atoms with Crippen LogP contribution in [0.2, 0.25) is 0 Å². The third kappa shape index (κ3) is 3.10. The van der Waals surface area contributed by atoms with Crippen molar-refractivity contribution in [3.63, 3.8) is 0 Å². The topological polar surface area (TPSA) is 35.5 Å². The number of rotatable bonds is 4. The Kier molecular flexibility index (Phi) is 4.55. The van der Waals surface area contributed by atoms with Crippen LogP contribution in [0.4, 0.5) is 0 Å². The maximum Gasteiger partial charge on any atom is 0.174 e. The SMILES string of the molecule is COc1cc(/C=C/C(C)=O)cc(Br)c1OC. The van der Waals surface area contributed by atoms with E-state index in [4.69, 9.17) is 9.47 Å². The number of allylic oxidation sites excluding steroid dienone is 1. The third-order valence-electron chi connectivity index (χ3n) is 1.97. The highest BCUT2D eigenvalue weighted by Gasteiger charge is 2.09. The van der Waals surface area contributed by atoms with Gasteiger partial charge in [0.1, 0.15) is 0 Å². The van der Waals surface area contributed by atoms with Gasteiger partial charge in [-0.3, -0.25) is 4.79 Å². The molecule has 0 aliphatic carbocycles. The molecule has 0 atom stereocenters. The maximum absolute atomic E-state index is 10.8. The van der Waals surface area contributed by atoms with Crippen LogP contribution >= 0.6 is 15.9 Å². The minimum Gasteiger partial charge on any atom is -0.493 e. The van der Waals surface area contributed by atoms with Gasteiger partial charge in [0, 0.05) is 0 Å². The Morgan fingerprint density at radius 1 is 1.31 bits per heavy atom. The molecule has 0 aliphatic rings. The Bertz CT molecular complexity index is 425. The normalized spacial score (nSPS) is 10.5. The summed E-state index contributed by atoms with van der Waals surface area (Å²) in [7, 11) is 3.15. The first-order valence-corrected chi connectivity index (χ1v) is 5.48. The summed E-state index contributed by atoms with van der Waals surface area (Å²) in [4.78, 5) is 10.8. The van der Waals surface area contributed by atoms with Gasteiger partial charge in [-0.15, -0.1) is 0 Å². The fourth-order valence-corrected chi connectivity index (χ4v) is 1.87. The van der Waals surface area contributed by atoms with Gasteiger partial charge in [-0.05, 0) is 46.6 Å². The summed E-state index contributed by atoms with van der Waals surface area (Å²) in [6.07, 6.45) is 3.24. The molecule has 3 nitrogen and oxygen atoms in total. The molecular weight excluding hydrogens is 272 g/mol. The zero-order valence-corrected chi connectivity index (χ0v) is 11.0. The van der Waals surface area contributed by atoms with E-state index in [1.165, 1.54) is 13.0 Å². The number of ether oxygens (including phenoxy) is 2. The molecule has 16 heavy (non-hydrogen) atoms.